The number of ether oxygens (including phenoxy) is 2. The molecule has 0 unspecified atom stereocenters. The van der Waals surface area contributed by atoms with E-state index in [2.05, 4.69) is 10.4 Å². The number of methoxy groups -OCH3 is 2. The van der Waals surface area contributed by atoms with Gasteiger partial charge in [0.25, 0.3) is 5.91 Å². The number of rotatable bonds is 7. The number of nitrogens with one attached hydrogen (secondary N) is 1. The quantitative estimate of drug-likeness (QED) is 0.680. The first-order valence-electron chi connectivity index (χ1n) is 8.83. The highest BCUT2D eigenvalue weighted by Gasteiger charge is 2.18. The van der Waals surface area contributed by atoms with Crippen molar-refractivity contribution in [2.24, 2.45) is 0 Å². The van der Waals surface area contributed by atoms with Crippen molar-refractivity contribution in [2.45, 2.75) is 19.9 Å². The monoisotopic (exact) mass is 365 g/mol. The number of hydrogen-bond donors (Lipinski definition) is 1. The van der Waals surface area contributed by atoms with Gasteiger partial charge < -0.3 is 14.8 Å². The van der Waals surface area contributed by atoms with E-state index in [1.165, 1.54) is 0 Å². The van der Waals surface area contributed by atoms with E-state index in [1.807, 2.05) is 49.4 Å². The second-order valence-electron chi connectivity index (χ2n) is 6.02. The van der Waals surface area contributed by atoms with Crippen molar-refractivity contribution in [2.75, 3.05) is 19.5 Å². The van der Waals surface area contributed by atoms with Crippen LogP contribution in [0.15, 0.2) is 54.6 Å². The zero-order valence-corrected chi connectivity index (χ0v) is 15.7. The van der Waals surface area contributed by atoms with E-state index in [0.717, 1.165) is 17.7 Å². The van der Waals surface area contributed by atoms with Gasteiger partial charge in [0, 0.05) is 23.9 Å². The Morgan fingerprint density at radius 3 is 2.63 bits per heavy atom. The highest BCUT2D eigenvalue weighted by molar-refractivity contribution is 6.03. The van der Waals surface area contributed by atoms with Crippen molar-refractivity contribution < 1.29 is 14.3 Å². The Hall–Kier alpha value is -3.28. The molecule has 0 aliphatic rings. The van der Waals surface area contributed by atoms with Gasteiger partial charge >= 0.3 is 0 Å². The largest absolute Gasteiger partial charge is 0.497 e. The lowest BCUT2D eigenvalue weighted by Crippen LogP contribution is -2.17. The van der Waals surface area contributed by atoms with Crippen LogP contribution in [0, 0.1) is 0 Å². The molecule has 0 saturated heterocycles. The van der Waals surface area contributed by atoms with Gasteiger partial charge in [0.05, 0.1) is 19.9 Å². The maximum absolute atomic E-state index is 12.9. The molecule has 1 N–H and O–H groups in total. The molecule has 0 aliphatic heterocycles. The number of hydrogen-bond acceptors (Lipinski definition) is 4. The van der Waals surface area contributed by atoms with Crippen LogP contribution in [0.3, 0.4) is 0 Å². The Kier molecular flexibility index (Phi) is 5.76. The molecule has 0 bridgehead atoms. The van der Waals surface area contributed by atoms with Crippen LogP contribution >= 0.6 is 0 Å². The van der Waals surface area contributed by atoms with Gasteiger partial charge in [-0.1, -0.05) is 25.1 Å². The van der Waals surface area contributed by atoms with Crippen molar-refractivity contribution in [1.29, 1.82) is 0 Å². The van der Waals surface area contributed by atoms with Gasteiger partial charge in [-0.15, -0.1) is 0 Å². The summed E-state index contributed by atoms with van der Waals surface area (Å²) in [5.74, 6) is 1.19. The number of aromatic nitrogens is 2. The maximum atomic E-state index is 12.9. The molecule has 0 aliphatic carbocycles. The smallest absolute Gasteiger partial charge is 0.273 e. The van der Waals surface area contributed by atoms with Crippen LogP contribution in [0.2, 0.25) is 0 Å². The molecule has 6 nitrogen and oxygen atoms in total. The number of amides is 1. The summed E-state index contributed by atoms with van der Waals surface area (Å²) in [5.41, 5.74) is 2.73. The van der Waals surface area contributed by atoms with Crippen LogP contribution in [0.1, 0.15) is 23.8 Å². The molecule has 140 valence electrons. The number of carbonyl (C=O) groups is 1. The molecule has 1 amide bonds. The van der Waals surface area contributed by atoms with E-state index in [9.17, 15) is 4.79 Å². The molecule has 1 heterocycles. The molecule has 0 radical (unpaired) electrons. The first kappa shape index (κ1) is 18.5. The van der Waals surface area contributed by atoms with Gasteiger partial charge in [-0.05, 0) is 36.8 Å². The topological polar surface area (TPSA) is 65.4 Å². The van der Waals surface area contributed by atoms with E-state index in [-0.39, 0.29) is 5.91 Å². The summed E-state index contributed by atoms with van der Waals surface area (Å²) in [7, 11) is 3.22. The van der Waals surface area contributed by atoms with Crippen LogP contribution in [0.4, 0.5) is 5.69 Å². The molecule has 6 heteroatoms. The molecular weight excluding hydrogens is 342 g/mol. The minimum atomic E-state index is -0.217. The Bertz CT molecular complexity index is 934. The highest BCUT2D eigenvalue weighted by Crippen LogP contribution is 2.29. The van der Waals surface area contributed by atoms with Crippen LogP contribution in [-0.2, 0) is 6.54 Å². The zero-order valence-electron chi connectivity index (χ0n) is 15.7. The molecule has 3 aromatic rings. The Labute approximate surface area is 158 Å². The lowest BCUT2D eigenvalue weighted by Gasteiger charge is -2.08. The molecule has 2 aromatic carbocycles. The van der Waals surface area contributed by atoms with Crippen molar-refractivity contribution in [3.05, 3.63) is 60.3 Å². The van der Waals surface area contributed by atoms with E-state index >= 15 is 0 Å². The second-order valence-corrected chi connectivity index (χ2v) is 6.02. The molecule has 0 saturated carbocycles. The fourth-order valence-electron chi connectivity index (χ4n) is 2.87. The third-order valence-corrected chi connectivity index (χ3v) is 4.16. The van der Waals surface area contributed by atoms with Gasteiger partial charge in [-0.25, -0.2) is 0 Å². The zero-order chi connectivity index (χ0) is 19.2. The molecule has 0 fully saturated rings. The molecular formula is C21H23N3O3. The van der Waals surface area contributed by atoms with Crippen molar-refractivity contribution in [3.8, 4) is 22.8 Å². The maximum Gasteiger partial charge on any atom is 0.273 e. The first-order valence-corrected chi connectivity index (χ1v) is 8.83. The molecule has 27 heavy (non-hydrogen) atoms. The first-order chi connectivity index (χ1) is 13.2. The fourth-order valence-corrected chi connectivity index (χ4v) is 2.87. The summed E-state index contributed by atoms with van der Waals surface area (Å²) in [4.78, 5) is 12.9. The summed E-state index contributed by atoms with van der Waals surface area (Å²) in [6, 6.07) is 16.7. The van der Waals surface area contributed by atoms with Gasteiger partial charge in [0.15, 0.2) is 0 Å². The minimum Gasteiger partial charge on any atom is -0.497 e. The lowest BCUT2D eigenvalue weighted by molar-refractivity contribution is 0.101. The molecule has 3 rings (SSSR count). The minimum absolute atomic E-state index is 0.217. The van der Waals surface area contributed by atoms with Crippen LogP contribution in [-0.4, -0.2) is 29.9 Å². The third-order valence-electron chi connectivity index (χ3n) is 4.16. The Morgan fingerprint density at radius 2 is 1.89 bits per heavy atom. The van der Waals surface area contributed by atoms with Crippen LogP contribution < -0.4 is 14.8 Å². The van der Waals surface area contributed by atoms with Crippen molar-refractivity contribution in [1.82, 2.24) is 9.78 Å². The summed E-state index contributed by atoms with van der Waals surface area (Å²) in [6.07, 6.45) is 0.868. The number of nitrogens with zero attached hydrogens (tertiary/aromatic N) is 2. The van der Waals surface area contributed by atoms with Gasteiger partial charge in [0.2, 0.25) is 0 Å². The predicted molar refractivity (Wildman–Crippen MR) is 105 cm³/mol. The SMILES string of the molecule is CCCn1nc(-c2ccccc2OC)cc1C(=O)Nc1cccc(OC)c1. The lowest BCUT2D eigenvalue weighted by atomic mass is 10.1. The molecule has 0 spiro atoms. The standard InChI is InChI=1S/C21H23N3O3/c1-4-12-24-19(21(25)22-15-8-7-9-16(13-15)26-2)14-18(23-24)17-10-5-6-11-20(17)27-3/h5-11,13-14H,4,12H2,1-3H3,(H,22,25). The van der Waals surface area contributed by atoms with Gasteiger partial charge in [0.1, 0.15) is 17.2 Å². The average Bonchev–Trinajstić information content (AvgIpc) is 3.12. The normalized spacial score (nSPS) is 10.5. The number of aryl methyl sites for hydroxylation is 1. The summed E-state index contributed by atoms with van der Waals surface area (Å²) in [5, 5.41) is 7.54. The summed E-state index contributed by atoms with van der Waals surface area (Å²) in [6.45, 7) is 2.70. The number of para-hydroxylation sites is 1. The van der Waals surface area contributed by atoms with Crippen molar-refractivity contribution >= 4 is 11.6 Å². The van der Waals surface area contributed by atoms with Crippen molar-refractivity contribution in [3.63, 3.8) is 0 Å². The Morgan fingerprint density at radius 1 is 1.07 bits per heavy atom. The summed E-state index contributed by atoms with van der Waals surface area (Å²) >= 11 is 0. The van der Waals surface area contributed by atoms with Crippen LogP contribution in [0.25, 0.3) is 11.3 Å². The average molecular weight is 365 g/mol. The predicted octanol–water partition coefficient (Wildman–Crippen LogP) is 4.23. The molecule has 1 aromatic heterocycles. The summed E-state index contributed by atoms with van der Waals surface area (Å²) < 4.78 is 12.4. The fraction of sp³-hybridized carbons (Fsp3) is 0.238. The van der Waals surface area contributed by atoms with E-state index in [1.54, 1.807) is 31.0 Å². The van der Waals surface area contributed by atoms with E-state index < -0.39 is 0 Å². The Balaban J connectivity index is 1.94. The number of benzene rings is 2. The third kappa shape index (κ3) is 4.11. The highest BCUT2D eigenvalue weighted by atomic mass is 16.5. The van der Waals surface area contributed by atoms with E-state index in [4.69, 9.17) is 9.47 Å². The second kappa shape index (κ2) is 8.40. The number of anilines is 1. The molecule has 0 atom stereocenters. The van der Waals surface area contributed by atoms with E-state index in [0.29, 0.717) is 29.4 Å². The van der Waals surface area contributed by atoms with Gasteiger partial charge in [-0.2, -0.15) is 5.10 Å². The number of carbonyl (C=O) groups excluding carboxylic acids is 1. The van der Waals surface area contributed by atoms with Gasteiger partial charge in [-0.3, -0.25) is 9.48 Å². The van der Waals surface area contributed by atoms with Crippen LogP contribution in [0.5, 0.6) is 11.5 Å².